The van der Waals surface area contributed by atoms with Crippen LogP contribution in [0.25, 0.3) is 0 Å². The van der Waals surface area contributed by atoms with Crippen molar-refractivity contribution in [3.63, 3.8) is 0 Å². The number of amides is 1. The molecule has 0 atom stereocenters. The lowest BCUT2D eigenvalue weighted by Crippen LogP contribution is -2.31. The number of benzene rings is 1. The van der Waals surface area contributed by atoms with Gasteiger partial charge in [0.2, 0.25) is 0 Å². The van der Waals surface area contributed by atoms with E-state index < -0.39 is 0 Å². The SMILES string of the molecule is COc1ccc(C(=O)NCCNCc2ccco2)cc1OC. The predicted molar refractivity (Wildman–Crippen MR) is 82.3 cm³/mol. The average Bonchev–Trinajstić information content (AvgIpc) is 3.07. The molecule has 1 aromatic heterocycles. The molecule has 0 bridgehead atoms. The molecule has 2 N–H and O–H groups in total. The number of rotatable bonds is 8. The Morgan fingerprint density at radius 2 is 1.95 bits per heavy atom. The minimum Gasteiger partial charge on any atom is -0.493 e. The van der Waals surface area contributed by atoms with Gasteiger partial charge in [-0.25, -0.2) is 0 Å². The highest BCUT2D eigenvalue weighted by molar-refractivity contribution is 5.94. The average molecular weight is 304 g/mol. The molecule has 118 valence electrons. The van der Waals surface area contributed by atoms with Crippen molar-refractivity contribution in [1.29, 1.82) is 0 Å². The first kappa shape index (κ1) is 15.9. The van der Waals surface area contributed by atoms with Gasteiger partial charge in [-0.2, -0.15) is 0 Å². The molecule has 6 heteroatoms. The Hall–Kier alpha value is -2.47. The van der Waals surface area contributed by atoms with Crippen LogP contribution >= 0.6 is 0 Å². The topological polar surface area (TPSA) is 72.7 Å². The van der Waals surface area contributed by atoms with E-state index in [1.54, 1.807) is 31.6 Å². The van der Waals surface area contributed by atoms with Crippen molar-refractivity contribution in [3.05, 3.63) is 47.9 Å². The largest absolute Gasteiger partial charge is 0.493 e. The zero-order valence-corrected chi connectivity index (χ0v) is 12.7. The summed E-state index contributed by atoms with van der Waals surface area (Å²) in [5.74, 6) is 1.84. The number of ether oxygens (including phenoxy) is 2. The van der Waals surface area contributed by atoms with Crippen LogP contribution in [-0.4, -0.2) is 33.2 Å². The van der Waals surface area contributed by atoms with Crippen LogP contribution < -0.4 is 20.1 Å². The first-order valence-electron chi connectivity index (χ1n) is 6.98. The number of hydrogen-bond donors (Lipinski definition) is 2. The Labute approximate surface area is 129 Å². The number of carbonyl (C=O) groups excluding carboxylic acids is 1. The molecule has 1 aromatic carbocycles. The van der Waals surface area contributed by atoms with Crippen molar-refractivity contribution in [2.45, 2.75) is 6.54 Å². The van der Waals surface area contributed by atoms with Gasteiger partial charge in [0.1, 0.15) is 5.76 Å². The number of furan rings is 1. The molecule has 1 amide bonds. The summed E-state index contributed by atoms with van der Waals surface area (Å²) in [6, 6.07) is 8.81. The molecule has 0 radical (unpaired) electrons. The first-order valence-corrected chi connectivity index (χ1v) is 6.98. The molecule has 1 heterocycles. The van der Waals surface area contributed by atoms with Gasteiger partial charge in [-0.3, -0.25) is 4.79 Å². The quantitative estimate of drug-likeness (QED) is 0.728. The smallest absolute Gasteiger partial charge is 0.251 e. The van der Waals surface area contributed by atoms with Crippen LogP contribution in [0.2, 0.25) is 0 Å². The lowest BCUT2D eigenvalue weighted by Gasteiger charge is -2.10. The third-order valence-electron chi connectivity index (χ3n) is 3.11. The van der Waals surface area contributed by atoms with Crippen LogP contribution in [0.4, 0.5) is 0 Å². The van der Waals surface area contributed by atoms with E-state index in [-0.39, 0.29) is 5.91 Å². The van der Waals surface area contributed by atoms with Crippen molar-refractivity contribution >= 4 is 5.91 Å². The minimum atomic E-state index is -0.152. The van der Waals surface area contributed by atoms with Crippen molar-refractivity contribution in [2.24, 2.45) is 0 Å². The summed E-state index contributed by atoms with van der Waals surface area (Å²) in [6.07, 6.45) is 1.63. The molecule has 2 aromatic rings. The maximum absolute atomic E-state index is 12.1. The number of carbonyl (C=O) groups is 1. The fourth-order valence-corrected chi connectivity index (χ4v) is 1.97. The molecule has 0 spiro atoms. The van der Waals surface area contributed by atoms with Gasteiger partial charge >= 0.3 is 0 Å². The van der Waals surface area contributed by atoms with Gasteiger partial charge in [0.25, 0.3) is 5.91 Å². The highest BCUT2D eigenvalue weighted by atomic mass is 16.5. The highest BCUT2D eigenvalue weighted by Gasteiger charge is 2.10. The Balaban J connectivity index is 1.77. The zero-order chi connectivity index (χ0) is 15.8. The second-order valence-corrected chi connectivity index (χ2v) is 4.58. The van der Waals surface area contributed by atoms with Crippen LogP contribution in [0.15, 0.2) is 41.0 Å². The fourth-order valence-electron chi connectivity index (χ4n) is 1.97. The van der Waals surface area contributed by atoms with E-state index in [0.29, 0.717) is 36.7 Å². The van der Waals surface area contributed by atoms with Crippen LogP contribution in [0.5, 0.6) is 11.5 Å². The van der Waals surface area contributed by atoms with Crippen LogP contribution in [0.3, 0.4) is 0 Å². The summed E-state index contributed by atoms with van der Waals surface area (Å²) >= 11 is 0. The number of methoxy groups -OCH3 is 2. The van der Waals surface area contributed by atoms with E-state index in [0.717, 1.165) is 5.76 Å². The Morgan fingerprint density at radius 1 is 1.14 bits per heavy atom. The molecule has 0 aliphatic heterocycles. The van der Waals surface area contributed by atoms with Crippen molar-refractivity contribution in [1.82, 2.24) is 10.6 Å². The molecule has 0 saturated carbocycles. The summed E-state index contributed by atoms with van der Waals surface area (Å²) in [5.41, 5.74) is 0.531. The van der Waals surface area contributed by atoms with Gasteiger partial charge in [-0.15, -0.1) is 0 Å². The van der Waals surface area contributed by atoms with E-state index >= 15 is 0 Å². The summed E-state index contributed by atoms with van der Waals surface area (Å²) in [4.78, 5) is 12.1. The maximum Gasteiger partial charge on any atom is 0.251 e. The van der Waals surface area contributed by atoms with Crippen LogP contribution in [0.1, 0.15) is 16.1 Å². The van der Waals surface area contributed by atoms with E-state index in [4.69, 9.17) is 13.9 Å². The van der Waals surface area contributed by atoms with Crippen LogP contribution in [-0.2, 0) is 6.54 Å². The monoisotopic (exact) mass is 304 g/mol. The molecule has 0 saturated heterocycles. The van der Waals surface area contributed by atoms with Gasteiger partial charge in [0, 0.05) is 18.7 Å². The molecule has 22 heavy (non-hydrogen) atoms. The van der Waals surface area contributed by atoms with Crippen molar-refractivity contribution in [3.8, 4) is 11.5 Å². The third kappa shape index (κ3) is 4.26. The van der Waals surface area contributed by atoms with Crippen LogP contribution in [0, 0.1) is 0 Å². The van der Waals surface area contributed by atoms with E-state index in [1.807, 2.05) is 12.1 Å². The van der Waals surface area contributed by atoms with E-state index in [2.05, 4.69) is 10.6 Å². The summed E-state index contributed by atoms with van der Waals surface area (Å²) < 4.78 is 15.5. The molecular weight excluding hydrogens is 284 g/mol. The third-order valence-corrected chi connectivity index (χ3v) is 3.11. The van der Waals surface area contributed by atoms with Gasteiger partial charge in [0.15, 0.2) is 11.5 Å². The molecule has 6 nitrogen and oxygen atoms in total. The normalized spacial score (nSPS) is 10.3. The van der Waals surface area contributed by atoms with Gasteiger partial charge in [-0.1, -0.05) is 0 Å². The Kier molecular flexibility index (Phi) is 5.85. The van der Waals surface area contributed by atoms with E-state index in [9.17, 15) is 4.79 Å². The predicted octanol–water partition coefficient (Wildman–Crippen LogP) is 1.82. The molecule has 2 rings (SSSR count). The summed E-state index contributed by atoms with van der Waals surface area (Å²) in [5, 5.41) is 6.02. The standard InChI is InChI=1S/C16H20N2O4/c1-20-14-6-5-12(10-15(14)21-2)16(19)18-8-7-17-11-13-4-3-9-22-13/h3-6,9-10,17H,7-8,11H2,1-2H3,(H,18,19). The second-order valence-electron chi connectivity index (χ2n) is 4.58. The summed E-state index contributed by atoms with van der Waals surface area (Å²) in [6.45, 7) is 1.81. The van der Waals surface area contributed by atoms with Gasteiger partial charge < -0.3 is 24.5 Å². The Morgan fingerprint density at radius 3 is 2.64 bits per heavy atom. The Bertz CT molecular complexity index is 596. The fraction of sp³-hybridized carbons (Fsp3) is 0.312. The molecule has 0 aliphatic rings. The first-order chi connectivity index (χ1) is 10.7. The highest BCUT2D eigenvalue weighted by Crippen LogP contribution is 2.27. The zero-order valence-electron chi connectivity index (χ0n) is 12.7. The number of nitrogens with one attached hydrogen (secondary N) is 2. The number of hydrogen-bond acceptors (Lipinski definition) is 5. The summed E-state index contributed by atoms with van der Waals surface area (Å²) in [7, 11) is 3.10. The molecule has 0 aliphatic carbocycles. The molecule has 0 fully saturated rings. The molecule has 0 unspecified atom stereocenters. The maximum atomic E-state index is 12.1. The lowest BCUT2D eigenvalue weighted by molar-refractivity contribution is 0.0953. The minimum absolute atomic E-state index is 0.152. The van der Waals surface area contributed by atoms with Crippen molar-refractivity contribution in [2.75, 3.05) is 27.3 Å². The van der Waals surface area contributed by atoms with Gasteiger partial charge in [-0.05, 0) is 30.3 Å². The van der Waals surface area contributed by atoms with E-state index in [1.165, 1.54) is 7.11 Å². The molecular formula is C16H20N2O4. The second kappa shape index (κ2) is 8.09. The van der Waals surface area contributed by atoms with Crippen molar-refractivity contribution < 1.29 is 18.7 Å². The lowest BCUT2D eigenvalue weighted by atomic mass is 10.2. The van der Waals surface area contributed by atoms with Gasteiger partial charge in [0.05, 0.1) is 27.0 Å².